The van der Waals surface area contributed by atoms with Crippen molar-refractivity contribution in [2.75, 3.05) is 54.8 Å². The van der Waals surface area contributed by atoms with Crippen LogP contribution < -0.4 is 15.5 Å². The normalized spacial score (nSPS) is 21.6. The number of phenolic OH excluding ortho intramolecular Hbond substituents is 1. The summed E-state index contributed by atoms with van der Waals surface area (Å²) in [5.41, 5.74) is 7.37. The standard InChI is InChI=1S/C29H32F2N8O/c1-20-9-14-38(23-17-22(35-36-27(23)32)21-5-2-3-6-24(21)40)15-16-39(20)26-8-12-33-25(34-26)7-4-13-37-18-28(19-37)10-11-29(28,30)31/h2-3,5-6,8,12,17,20,40H,9-11,13-16,18-19H2,1H3,(H2,32,36). The van der Waals surface area contributed by atoms with Gasteiger partial charge < -0.3 is 20.6 Å². The molecule has 1 aromatic carbocycles. The molecule has 1 atom stereocenters. The van der Waals surface area contributed by atoms with E-state index in [1.54, 1.807) is 24.4 Å². The molecule has 0 bridgehead atoms. The first-order valence-corrected chi connectivity index (χ1v) is 13.6. The Morgan fingerprint density at radius 3 is 2.67 bits per heavy atom. The third-order valence-corrected chi connectivity index (χ3v) is 8.47. The number of para-hydroxylation sites is 1. The molecule has 2 aliphatic heterocycles. The smallest absolute Gasteiger partial charge is 0.256 e. The topological polar surface area (TPSA) is 108 Å². The zero-order valence-electron chi connectivity index (χ0n) is 22.4. The zero-order valence-corrected chi connectivity index (χ0v) is 22.4. The summed E-state index contributed by atoms with van der Waals surface area (Å²) in [4.78, 5) is 15.4. The molecule has 9 nitrogen and oxygen atoms in total. The van der Waals surface area contributed by atoms with E-state index in [1.807, 2.05) is 23.1 Å². The molecule has 6 rings (SSSR count). The fourth-order valence-corrected chi connectivity index (χ4v) is 5.89. The Bertz CT molecular complexity index is 1470. The number of nitrogens with two attached hydrogens (primary N) is 1. The van der Waals surface area contributed by atoms with Crippen LogP contribution in [0.25, 0.3) is 11.3 Å². The molecule has 11 heteroatoms. The Balaban J connectivity index is 1.12. The van der Waals surface area contributed by atoms with Crippen LogP contribution in [0.5, 0.6) is 5.75 Å². The second-order valence-electron chi connectivity index (χ2n) is 11.0. The largest absolute Gasteiger partial charge is 0.507 e. The van der Waals surface area contributed by atoms with Gasteiger partial charge in [-0.15, -0.1) is 10.2 Å². The van der Waals surface area contributed by atoms with Gasteiger partial charge in [0.05, 0.1) is 23.3 Å². The van der Waals surface area contributed by atoms with Crippen molar-refractivity contribution in [1.82, 2.24) is 25.1 Å². The Hall–Kier alpha value is -4.04. The Kier molecular flexibility index (Phi) is 6.66. The minimum Gasteiger partial charge on any atom is -0.507 e. The number of aromatic hydroxyl groups is 1. The fraction of sp³-hybridized carbons (Fsp3) is 0.448. The highest BCUT2D eigenvalue weighted by atomic mass is 19.3. The summed E-state index contributed by atoms with van der Waals surface area (Å²) in [5, 5.41) is 18.6. The van der Waals surface area contributed by atoms with Gasteiger partial charge in [0.2, 0.25) is 5.82 Å². The molecule has 4 heterocycles. The number of likely N-dealkylation sites (tertiary alicyclic amines) is 1. The van der Waals surface area contributed by atoms with Crippen LogP contribution in [-0.4, -0.2) is 81.4 Å². The molecule has 0 radical (unpaired) electrons. The van der Waals surface area contributed by atoms with E-state index in [2.05, 4.69) is 43.7 Å². The third kappa shape index (κ3) is 4.77. The van der Waals surface area contributed by atoms with Gasteiger partial charge in [-0.3, -0.25) is 4.90 Å². The van der Waals surface area contributed by atoms with E-state index in [1.165, 1.54) is 0 Å². The monoisotopic (exact) mass is 546 g/mol. The van der Waals surface area contributed by atoms with Gasteiger partial charge in [0.25, 0.3) is 5.92 Å². The van der Waals surface area contributed by atoms with Crippen molar-refractivity contribution >= 4 is 17.3 Å². The molecule has 3 fully saturated rings. The molecular formula is C29H32F2N8O. The summed E-state index contributed by atoms with van der Waals surface area (Å²) in [6.45, 7) is 5.56. The average molecular weight is 547 g/mol. The van der Waals surface area contributed by atoms with Crippen LogP contribution in [0.2, 0.25) is 0 Å². The molecule has 1 unspecified atom stereocenters. The first-order chi connectivity index (χ1) is 19.2. The summed E-state index contributed by atoms with van der Waals surface area (Å²) in [7, 11) is 0. The lowest BCUT2D eigenvalue weighted by Gasteiger charge is -2.59. The zero-order chi connectivity index (χ0) is 27.9. The summed E-state index contributed by atoms with van der Waals surface area (Å²) in [6.07, 6.45) is 3.17. The van der Waals surface area contributed by atoms with Gasteiger partial charge in [0, 0.05) is 56.9 Å². The first-order valence-electron chi connectivity index (χ1n) is 13.6. The van der Waals surface area contributed by atoms with E-state index in [-0.39, 0.29) is 18.2 Å². The molecule has 1 saturated carbocycles. The quantitative estimate of drug-likeness (QED) is 0.476. The van der Waals surface area contributed by atoms with Gasteiger partial charge in [-0.05, 0) is 50.0 Å². The number of hydrogen-bond acceptors (Lipinski definition) is 9. The van der Waals surface area contributed by atoms with Crippen LogP contribution in [0.4, 0.5) is 26.1 Å². The number of phenols is 1. The lowest BCUT2D eigenvalue weighted by Crippen LogP contribution is -2.69. The van der Waals surface area contributed by atoms with Crippen molar-refractivity contribution in [2.24, 2.45) is 5.41 Å². The molecule has 40 heavy (non-hydrogen) atoms. The molecule has 2 saturated heterocycles. The highest BCUT2D eigenvalue weighted by Gasteiger charge is 2.66. The maximum absolute atomic E-state index is 13.8. The lowest BCUT2D eigenvalue weighted by atomic mass is 9.60. The number of rotatable bonds is 4. The third-order valence-electron chi connectivity index (χ3n) is 8.47. The van der Waals surface area contributed by atoms with Crippen LogP contribution in [0.15, 0.2) is 42.6 Å². The van der Waals surface area contributed by atoms with Gasteiger partial charge >= 0.3 is 0 Å². The molecule has 1 spiro atoms. The Morgan fingerprint density at radius 1 is 1.10 bits per heavy atom. The van der Waals surface area contributed by atoms with E-state index in [4.69, 9.17) is 10.7 Å². The predicted octanol–water partition coefficient (Wildman–Crippen LogP) is 3.41. The molecule has 3 aromatic rings. The van der Waals surface area contributed by atoms with Crippen LogP contribution in [0.3, 0.4) is 0 Å². The number of nitrogen functional groups attached to an aromatic ring is 1. The van der Waals surface area contributed by atoms with Crippen molar-refractivity contribution < 1.29 is 13.9 Å². The fourth-order valence-electron chi connectivity index (χ4n) is 5.89. The van der Waals surface area contributed by atoms with Crippen molar-refractivity contribution in [3.8, 4) is 28.8 Å². The van der Waals surface area contributed by atoms with Gasteiger partial charge in [0.1, 0.15) is 11.6 Å². The minimum atomic E-state index is -2.53. The van der Waals surface area contributed by atoms with E-state index >= 15 is 0 Å². The Morgan fingerprint density at radius 2 is 1.93 bits per heavy atom. The number of benzene rings is 1. The molecule has 0 amide bonds. The molecule has 1 aliphatic carbocycles. The van der Waals surface area contributed by atoms with Crippen LogP contribution in [0.1, 0.15) is 32.0 Å². The molecule has 208 valence electrons. The number of anilines is 3. The summed E-state index contributed by atoms with van der Waals surface area (Å²) >= 11 is 0. The van der Waals surface area contributed by atoms with Gasteiger partial charge in [-0.2, -0.15) is 0 Å². The van der Waals surface area contributed by atoms with Crippen LogP contribution in [-0.2, 0) is 0 Å². The predicted molar refractivity (Wildman–Crippen MR) is 149 cm³/mol. The highest BCUT2D eigenvalue weighted by molar-refractivity contribution is 5.74. The minimum absolute atomic E-state index is 0.00590. The summed E-state index contributed by atoms with van der Waals surface area (Å²) in [6, 6.07) is 11.0. The van der Waals surface area contributed by atoms with Gasteiger partial charge in [-0.1, -0.05) is 18.1 Å². The molecule has 2 aromatic heterocycles. The molecule has 3 N–H and O–H groups in total. The number of hydrogen-bond donors (Lipinski definition) is 2. The van der Waals surface area contributed by atoms with Crippen molar-refractivity contribution in [2.45, 2.75) is 38.2 Å². The van der Waals surface area contributed by atoms with E-state index in [0.717, 1.165) is 24.5 Å². The maximum Gasteiger partial charge on any atom is 0.256 e. The maximum atomic E-state index is 13.8. The van der Waals surface area contributed by atoms with Gasteiger partial charge in [-0.25, -0.2) is 18.7 Å². The number of alkyl halides is 2. The Labute approximate surface area is 232 Å². The van der Waals surface area contributed by atoms with E-state index < -0.39 is 11.3 Å². The number of halogens is 2. The second kappa shape index (κ2) is 10.2. The second-order valence-corrected chi connectivity index (χ2v) is 11.0. The van der Waals surface area contributed by atoms with E-state index in [0.29, 0.717) is 62.0 Å². The number of aromatic nitrogens is 4. The molecular weight excluding hydrogens is 514 g/mol. The average Bonchev–Trinajstić information content (AvgIpc) is 3.11. The van der Waals surface area contributed by atoms with Gasteiger partial charge in [0.15, 0.2) is 5.82 Å². The van der Waals surface area contributed by atoms with Crippen molar-refractivity contribution in [3.63, 3.8) is 0 Å². The highest BCUT2D eigenvalue weighted by Crippen LogP contribution is 2.58. The van der Waals surface area contributed by atoms with Crippen LogP contribution in [0, 0.1) is 17.3 Å². The van der Waals surface area contributed by atoms with E-state index in [9.17, 15) is 13.9 Å². The summed E-state index contributed by atoms with van der Waals surface area (Å²) < 4.78 is 27.6. The van der Waals surface area contributed by atoms with Crippen molar-refractivity contribution in [1.29, 1.82) is 0 Å². The van der Waals surface area contributed by atoms with Crippen LogP contribution >= 0.6 is 0 Å². The molecule has 3 aliphatic rings. The first kappa shape index (κ1) is 26.2. The summed E-state index contributed by atoms with van der Waals surface area (Å²) in [5.74, 6) is 5.25. The lowest BCUT2D eigenvalue weighted by molar-refractivity contribution is -0.256. The SMILES string of the molecule is CC1CCN(c2cc(-c3ccccc3O)nnc2N)CCN1c1ccnc(C#CCN2CC3(CCC3(F)F)C2)n1. The van der Waals surface area contributed by atoms with Crippen molar-refractivity contribution in [3.05, 3.63) is 48.4 Å². The number of nitrogens with zero attached hydrogens (tertiary/aromatic N) is 7.